The summed E-state index contributed by atoms with van der Waals surface area (Å²) in [6.07, 6.45) is 0. The van der Waals surface area contributed by atoms with Crippen molar-refractivity contribution in [3.63, 3.8) is 0 Å². The minimum Gasteiger partial charge on any atom is -0.205 e. The standard InChI is InChI=1S/C10H6F2N2/c1-5-6(2)9(11)8(4-14)10(12)7(5)3-13/h1-2H3. The minimum atomic E-state index is -1.07. The van der Waals surface area contributed by atoms with Gasteiger partial charge in [-0.3, -0.25) is 0 Å². The predicted molar refractivity (Wildman–Crippen MR) is 45.3 cm³/mol. The van der Waals surface area contributed by atoms with Crippen molar-refractivity contribution < 1.29 is 8.78 Å². The van der Waals surface area contributed by atoms with Gasteiger partial charge in [-0.05, 0) is 25.0 Å². The van der Waals surface area contributed by atoms with E-state index in [0.29, 0.717) is 0 Å². The van der Waals surface area contributed by atoms with E-state index in [1.807, 2.05) is 0 Å². The zero-order chi connectivity index (χ0) is 10.9. The number of nitrogens with zero attached hydrogens (tertiary/aromatic N) is 2. The van der Waals surface area contributed by atoms with Crippen LogP contribution in [0.25, 0.3) is 0 Å². The van der Waals surface area contributed by atoms with Gasteiger partial charge in [0, 0.05) is 0 Å². The Labute approximate surface area is 80.0 Å². The molecule has 0 saturated heterocycles. The molecule has 1 aromatic rings. The van der Waals surface area contributed by atoms with Gasteiger partial charge in [0.05, 0.1) is 5.56 Å². The molecule has 14 heavy (non-hydrogen) atoms. The number of hydrogen-bond donors (Lipinski definition) is 0. The summed E-state index contributed by atoms with van der Waals surface area (Å²) < 4.78 is 26.6. The van der Waals surface area contributed by atoms with Crippen molar-refractivity contribution in [1.82, 2.24) is 0 Å². The highest BCUT2D eigenvalue weighted by atomic mass is 19.1. The summed E-state index contributed by atoms with van der Waals surface area (Å²) in [6, 6.07) is 3.02. The largest absolute Gasteiger partial charge is 0.205 e. The van der Waals surface area contributed by atoms with Crippen LogP contribution in [0.5, 0.6) is 0 Å². The number of halogens is 2. The predicted octanol–water partition coefficient (Wildman–Crippen LogP) is 2.33. The fraction of sp³-hybridized carbons (Fsp3) is 0.200. The SMILES string of the molecule is Cc1c(C)c(C#N)c(F)c(C#N)c1F. The van der Waals surface area contributed by atoms with Gasteiger partial charge in [-0.25, -0.2) is 8.78 Å². The molecule has 1 rings (SSSR count). The first-order valence-corrected chi connectivity index (χ1v) is 3.83. The third-order valence-corrected chi connectivity index (χ3v) is 2.15. The van der Waals surface area contributed by atoms with Crippen LogP contribution in [0.15, 0.2) is 0 Å². The van der Waals surface area contributed by atoms with Crippen molar-refractivity contribution in [3.8, 4) is 12.1 Å². The zero-order valence-corrected chi connectivity index (χ0v) is 7.65. The van der Waals surface area contributed by atoms with Gasteiger partial charge in [-0.2, -0.15) is 10.5 Å². The van der Waals surface area contributed by atoms with Crippen molar-refractivity contribution in [3.05, 3.63) is 33.9 Å². The Kier molecular flexibility index (Phi) is 2.49. The topological polar surface area (TPSA) is 47.6 Å². The van der Waals surface area contributed by atoms with E-state index in [0.717, 1.165) is 0 Å². The van der Waals surface area contributed by atoms with E-state index in [4.69, 9.17) is 10.5 Å². The molecule has 0 aliphatic rings. The fourth-order valence-electron chi connectivity index (χ4n) is 1.16. The maximum atomic E-state index is 13.3. The van der Waals surface area contributed by atoms with Crippen molar-refractivity contribution >= 4 is 0 Å². The molecule has 0 bridgehead atoms. The van der Waals surface area contributed by atoms with Crippen LogP contribution < -0.4 is 0 Å². The Morgan fingerprint density at radius 2 is 1.36 bits per heavy atom. The molecule has 2 nitrogen and oxygen atoms in total. The highest BCUT2D eigenvalue weighted by Gasteiger charge is 2.19. The molecular weight excluding hydrogens is 186 g/mol. The van der Waals surface area contributed by atoms with Gasteiger partial charge in [-0.1, -0.05) is 0 Å². The summed E-state index contributed by atoms with van der Waals surface area (Å²) in [6.45, 7) is 2.85. The number of hydrogen-bond acceptors (Lipinski definition) is 2. The molecule has 0 atom stereocenters. The van der Waals surface area contributed by atoms with Gasteiger partial charge in [-0.15, -0.1) is 0 Å². The van der Waals surface area contributed by atoms with E-state index in [1.165, 1.54) is 19.9 Å². The minimum absolute atomic E-state index is 0.138. The first-order valence-electron chi connectivity index (χ1n) is 3.83. The number of benzene rings is 1. The van der Waals surface area contributed by atoms with Gasteiger partial charge in [0.15, 0.2) is 5.82 Å². The summed E-state index contributed by atoms with van der Waals surface area (Å²) >= 11 is 0. The van der Waals surface area contributed by atoms with E-state index < -0.39 is 17.2 Å². The van der Waals surface area contributed by atoms with Crippen LogP contribution in [0.3, 0.4) is 0 Å². The van der Waals surface area contributed by atoms with Crippen LogP contribution in [0.4, 0.5) is 8.78 Å². The highest BCUT2D eigenvalue weighted by Crippen LogP contribution is 2.23. The van der Waals surface area contributed by atoms with E-state index >= 15 is 0 Å². The normalized spacial score (nSPS) is 9.29. The summed E-state index contributed by atoms with van der Waals surface area (Å²) in [5.41, 5.74) is -0.578. The number of nitriles is 2. The Morgan fingerprint density at radius 3 is 1.79 bits per heavy atom. The van der Waals surface area contributed by atoms with Crippen molar-refractivity contribution in [2.75, 3.05) is 0 Å². The fourth-order valence-corrected chi connectivity index (χ4v) is 1.16. The van der Waals surface area contributed by atoms with Crippen molar-refractivity contribution in [2.45, 2.75) is 13.8 Å². The lowest BCUT2D eigenvalue weighted by atomic mass is 9.99. The molecule has 0 fully saturated rings. The Bertz CT molecular complexity index is 437. The molecule has 0 radical (unpaired) electrons. The van der Waals surface area contributed by atoms with Gasteiger partial charge in [0.2, 0.25) is 0 Å². The van der Waals surface area contributed by atoms with Gasteiger partial charge >= 0.3 is 0 Å². The van der Waals surface area contributed by atoms with Gasteiger partial charge in [0.1, 0.15) is 23.5 Å². The molecule has 0 aromatic heterocycles. The highest BCUT2D eigenvalue weighted by molar-refractivity contribution is 5.50. The number of rotatable bonds is 0. The molecule has 0 heterocycles. The average molecular weight is 192 g/mol. The molecule has 0 saturated carbocycles. The summed E-state index contributed by atoms with van der Waals surface area (Å²) in [4.78, 5) is 0. The lowest BCUT2D eigenvalue weighted by Gasteiger charge is -2.06. The van der Waals surface area contributed by atoms with E-state index in [1.54, 1.807) is 6.07 Å². The Hall–Kier alpha value is -1.94. The summed E-state index contributed by atoms with van der Waals surface area (Å²) in [5, 5.41) is 17.1. The second-order valence-corrected chi connectivity index (χ2v) is 2.85. The molecule has 4 heteroatoms. The third kappa shape index (κ3) is 1.22. The Morgan fingerprint density at radius 1 is 0.857 bits per heavy atom. The average Bonchev–Trinajstić information content (AvgIpc) is 2.16. The second kappa shape index (κ2) is 3.43. The molecule has 70 valence electrons. The lowest BCUT2D eigenvalue weighted by Crippen LogP contribution is -2.02. The van der Waals surface area contributed by atoms with Gasteiger partial charge in [0.25, 0.3) is 0 Å². The second-order valence-electron chi connectivity index (χ2n) is 2.85. The van der Waals surface area contributed by atoms with Crippen LogP contribution in [0.2, 0.25) is 0 Å². The van der Waals surface area contributed by atoms with E-state index in [9.17, 15) is 8.78 Å². The lowest BCUT2D eigenvalue weighted by molar-refractivity contribution is 0.566. The molecule has 0 N–H and O–H groups in total. The van der Waals surface area contributed by atoms with Crippen LogP contribution in [-0.4, -0.2) is 0 Å². The van der Waals surface area contributed by atoms with Crippen LogP contribution in [0, 0.1) is 48.1 Å². The molecule has 0 aliphatic heterocycles. The maximum absolute atomic E-state index is 13.3. The molecular formula is C10H6F2N2. The van der Waals surface area contributed by atoms with Crippen molar-refractivity contribution in [2.24, 2.45) is 0 Å². The molecule has 0 aliphatic carbocycles. The quantitative estimate of drug-likeness (QED) is 0.633. The van der Waals surface area contributed by atoms with Gasteiger partial charge < -0.3 is 0 Å². The zero-order valence-electron chi connectivity index (χ0n) is 7.65. The third-order valence-electron chi connectivity index (χ3n) is 2.15. The smallest absolute Gasteiger partial charge is 0.161 e. The molecule has 0 amide bonds. The summed E-state index contributed by atoms with van der Waals surface area (Å²) in [7, 11) is 0. The summed E-state index contributed by atoms with van der Waals surface area (Å²) in [5.74, 6) is -1.96. The first-order chi connectivity index (χ1) is 6.54. The van der Waals surface area contributed by atoms with Crippen LogP contribution in [0.1, 0.15) is 22.3 Å². The monoisotopic (exact) mass is 192 g/mol. The first kappa shape index (κ1) is 10.1. The van der Waals surface area contributed by atoms with Crippen LogP contribution in [-0.2, 0) is 0 Å². The maximum Gasteiger partial charge on any atom is 0.161 e. The van der Waals surface area contributed by atoms with E-state index in [-0.39, 0.29) is 16.7 Å². The van der Waals surface area contributed by atoms with E-state index in [2.05, 4.69) is 0 Å². The van der Waals surface area contributed by atoms with Crippen LogP contribution >= 0.6 is 0 Å². The van der Waals surface area contributed by atoms with Crippen molar-refractivity contribution in [1.29, 1.82) is 10.5 Å². The molecule has 0 spiro atoms. The molecule has 0 unspecified atom stereocenters. The Balaban J connectivity index is 3.78. The molecule has 1 aromatic carbocycles.